The first-order valence-electron chi connectivity index (χ1n) is 25.5. The van der Waals surface area contributed by atoms with E-state index in [0.717, 1.165) is 44.8 Å². The van der Waals surface area contributed by atoms with Gasteiger partial charge in [-0.05, 0) is 163 Å². The van der Waals surface area contributed by atoms with Crippen LogP contribution in [0.25, 0.3) is 133 Å². The van der Waals surface area contributed by atoms with Crippen molar-refractivity contribution < 1.29 is 0 Å². The molecule has 0 fully saturated rings. The van der Waals surface area contributed by atoms with Crippen LogP contribution in [0.3, 0.4) is 0 Å². The number of hydrogen-bond acceptors (Lipinski definition) is 0. The van der Waals surface area contributed by atoms with Crippen LogP contribution in [0.2, 0.25) is 0 Å². The van der Waals surface area contributed by atoms with Crippen molar-refractivity contribution in [3.63, 3.8) is 0 Å². The molecule has 0 saturated heterocycles. The molecule has 0 atom stereocenters. The summed E-state index contributed by atoms with van der Waals surface area (Å²) in [5.74, 6) is 0. The molecule has 12 aromatic carbocycles. The van der Waals surface area contributed by atoms with Crippen LogP contribution in [-0.2, 0) is 0 Å². The summed E-state index contributed by atoms with van der Waals surface area (Å²) < 4.78 is 4.78. The van der Waals surface area contributed by atoms with E-state index in [1.54, 1.807) is 0 Å². The van der Waals surface area contributed by atoms with Crippen molar-refractivity contribution in [3.8, 4) is 89.3 Å². The summed E-state index contributed by atoms with van der Waals surface area (Å²) in [5.41, 5.74) is 23.5. The van der Waals surface area contributed by atoms with E-state index in [4.69, 9.17) is 0 Å². The average Bonchev–Trinajstić information content (AvgIpc) is 4.01. The lowest BCUT2D eigenvalue weighted by Gasteiger charge is -2.16. The lowest BCUT2D eigenvalue weighted by Crippen LogP contribution is -1.94. The van der Waals surface area contributed by atoms with Crippen molar-refractivity contribution in [1.82, 2.24) is 9.13 Å². The maximum atomic E-state index is 2.39. The van der Waals surface area contributed by atoms with Gasteiger partial charge in [-0.15, -0.1) is 0 Å². The van der Waals surface area contributed by atoms with Gasteiger partial charge in [-0.1, -0.05) is 206 Å². The van der Waals surface area contributed by atoms with Crippen molar-refractivity contribution in [3.05, 3.63) is 291 Å². The van der Waals surface area contributed by atoms with Crippen LogP contribution in [0.5, 0.6) is 0 Å². The molecule has 0 saturated carbocycles. The maximum absolute atomic E-state index is 2.39. The summed E-state index contributed by atoms with van der Waals surface area (Å²) in [7, 11) is 0. The minimum absolute atomic E-state index is 1.14. The quantitative estimate of drug-likeness (QED) is 0.136. The predicted molar refractivity (Wildman–Crippen MR) is 313 cm³/mol. The van der Waals surface area contributed by atoms with E-state index in [1.807, 2.05) is 0 Å². The van der Waals surface area contributed by atoms with E-state index < -0.39 is 0 Å². The van der Waals surface area contributed by atoms with Gasteiger partial charge in [-0.25, -0.2) is 0 Å². The first-order chi connectivity index (χ1) is 36.7. The standard InChI is InChI=1S/C72H48N2/c1-3-15-49(16-4-1)51-27-31-53(32-28-51)57-43-58(54-33-29-52(30-34-54)50-17-5-2-6-18-50)46-61(45-57)62-47-59(55-35-39-63(40-36-55)73-69-23-11-7-19-65(69)66-20-8-12-24-70(66)73)44-60(48-62)56-37-41-64(42-38-56)74-71-25-13-9-21-67(71)68-22-10-14-26-72(68)74/h1-48H. The van der Waals surface area contributed by atoms with Crippen LogP contribution in [0.4, 0.5) is 0 Å². The van der Waals surface area contributed by atoms with Crippen molar-refractivity contribution in [2.45, 2.75) is 0 Å². The molecular formula is C72H48N2. The molecule has 2 nitrogen and oxygen atoms in total. The number of nitrogens with zero attached hydrogens (tertiary/aromatic N) is 2. The van der Waals surface area contributed by atoms with Gasteiger partial charge in [-0.2, -0.15) is 0 Å². The van der Waals surface area contributed by atoms with Gasteiger partial charge in [0.15, 0.2) is 0 Å². The van der Waals surface area contributed by atoms with Gasteiger partial charge in [0.25, 0.3) is 0 Å². The fourth-order valence-electron chi connectivity index (χ4n) is 11.2. The first kappa shape index (κ1) is 43.1. The zero-order valence-electron chi connectivity index (χ0n) is 40.6. The van der Waals surface area contributed by atoms with Crippen LogP contribution in [0.15, 0.2) is 291 Å². The zero-order valence-corrected chi connectivity index (χ0v) is 40.6. The highest BCUT2D eigenvalue weighted by atomic mass is 15.0. The minimum Gasteiger partial charge on any atom is -0.309 e. The highest BCUT2D eigenvalue weighted by Crippen LogP contribution is 2.40. The third-order valence-electron chi connectivity index (χ3n) is 14.9. The van der Waals surface area contributed by atoms with E-state index in [1.165, 1.54) is 88.1 Å². The van der Waals surface area contributed by atoms with Crippen LogP contribution in [-0.4, -0.2) is 9.13 Å². The lowest BCUT2D eigenvalue weighted by atomic mass is 9.89. The number of fused-ring (bicyclic) bond motifs is 6. The van der Waals surface area contributed by atoms with Gasteiger partial charge in [0.1, 0.15) is 0 Å². The Kier molecular flexibility index (Phi) is 10.6. The van der Waals surface area contributed by atoms with Crippen molar-refractivity contribution in [2.24, 2.45) is 0 Å². The second kappa shape index (κ2) is 18.1. The van der Waals surface area contributed by atoms with Crippen LogP contribution in [0.1, 0.15) is 0 Å². The smallest absolute Gasteiger partial charge is 0.0541 e. The van der Waals surface area contributed by atoms with E-state index >= 15 is 0 Å². The molecule has 0 unspecified atom stereocenters. The van der Waals surface area contributed by atoms with Crippen LogP contribution >= 0.6 is 0 Å². The molecule has 14 rings (SSSR count). The van der Waals surface area contributed by atoms with Gasteiger partial charge in [-0.3, -0.25) is 0 Å². The highest BCUT2D eigenvalue weighted by Gasteiger charge is 2.16. The maximum Gasteiger partial charge on any atom is 0.0541 e. The average molecular weight is 941 g/mol. The molecule has 346 valence electrons. The highest BCUT2D eigenvalue weighted by molar-refractivity contribution is 6.10. The number of aromatic nitrogens is 2. The predicted octanol–water partition coefficient (Wildman–Crippen LogP) is 19.5. The monoisotopic (exact) mass is 940 g/mol. The summed E-state index contributed by atoms with van der Waals surface area (Å²) in [6.45, 7) is 0. The third-order valence-corrected chi connectivity index (χ3v) is 14.9. The second-order valence-corrected chi connectivity index (χ2v) is 19.3. The van der Waals surface area contributed by atoms with E-state index in [2.05, 4.69) is 300 Å². The number of rotatable bonds is 9. The molecule has 14 aromatic rings. The molecule has 0 radical (unpaired) electrons. The van der Waals surface area contributed by atoms with Gasteiger partial charge in [0.05, 0.1) is 22.1 Å². The minimum atomic E-state index is 1.14. The van der Waals surface area contributed by atoms with E-state index in [9.17, 15) is 0 Å². The molecule has 2 heterocycles. The van der Waals surface area contributed by atoms with Crippen molar-refractivity contribution >= 4 is 43.6 Å². The van der Waals surface area contributed by atoms with Crippen LogP contribution in [0, 0.1) is 0 Å². The Bertz CT molecular complexity index is 3970. The van der Waals surface area contributed by atoms with Gasteiger partial charge in [0.2, 0.25) is 0 Å². The lowest BCUT2D eigenvalue weighted by molar-refractivity contribution is 1.18. The topological polar surface area (TPSA) is 9.86 Å². The molecule has 0 spiro atoms. The third kappa shape index (κ3) is 7.69. The first-order valence-corrected chi connectivity index (χ1v) is 25.5. The summed E-state index contributed by atoms with van der Waals surface area (Å²) in [5, 5.41) is 5.04. The van der Waals surface area contributed by atoms with E-state index in [0.29, 0.717) is 0 Å². The fraction of sp³-hybridized carbons (Fsp3) is 0. The Labute approximate surface area is 431 Å². The number of hydrogen-bond donors (Lipinski definition) is 0. The molecule has 0 N–H and O–H groups in total. The number of para-hydroxylation sites is 4. The Balaban J connectivity index is 0.922. The Hall–Kier alpha value is -9.76. The zero-order chi connectivity index (χ0) is 49.0. The normalized spacial score (nSPS) is 11.5. The van der Waals surface area contributed by atoms with Crippen molar-refractivity contribution in [2.75, 3.05) is 0 Å². The largest absolute Gasteiger partial charge is 0.309 e. The van der Waals surface area contributed by atoms with E-state index in [-0.39, 0.29) is 0 Å². The molecule has 0 aliphatic heterocycles. The van der Waals surface area contributed by atoms with Crippen LogP contribution < -0.4 is 0 Å². The molecule has 0 aliphatic rings. The fourth-order valence-corrected chi connectivity index (χ4v) is 11.2. The molecule has 2 heteroatoms. The Morgan fingerprint density at radius 2 is 0.338 bits per heavy atom. The summed E-state index contributed by atoms with van der Waals surface area (Å²) in [6, 6.07) is 107. The van der Waals surface area contributed by atoms with Gasteiger partial charge >= 0.3 is 0 Å². The van der Waals surface area contributed by atoms with Crippen molar-refractivity contribution in [1.29, 1.82) is 0 Å². The SMILES string of the molecule is c1ccc(-c2ccc(-c3cc(-c4ccc(-c5ccccc5)cc4)cc(-c4cc(-c5ccc(-n6c7ccccc7c7ccccc76)cc5)cc(-c5ccc(-n6c7ccccc7c7ccccc76)cc5)c4)c3)cc2)cc1. The Morgan fingerprint density at radius 3 is 0.608 bits per heavy atom. The molecular weight excluding hydrogens is 893 g/mol. The molecule has 0 aliphatic carbocycles. The molecule has 74 heavy (non-hydrogen) atoms. The Morgan fingerprint density at radius 1 is 0.149 bits per heavy atom. The van der Waals surface area contributed by atoms with Gasteiger partial charge < -0.3 is 9.13 Å². The number of benzene rings is 12. The second-order valence-electron chi connectivity index (χ2n) is 19.3. The summed E-state index contributed by atoms with van der Waals surface area (Å²) in [6.07, 6.45) is 0. The summed E-state index contributed by atoms with van der Waals surface area (Å²) >= 11 is 0. The molecule has 0 amide bonds. The van der Waals surface area contributed by atoms with Gasteiger partial charge in [0, 0.05) is 32.9 Å². The molecule has 2 aromatic heterocycles. The molecule has 0 bridgehead atoms. The summed E-state index contributed by atoms with van der Waals surface area (Å²) in [4.78, 5) is 0.